The first-order valence-corrected chi connectivity index (χ1v) is 12.7. The molecule has 0 aromatic rings. The maximum atomic E-state index is 12.1. The zero-order chi connectivity index (χ0) is 24.0. The molecule has 182 valence electrons. The Morgan fingerprint density at radius 3 is 2.53 bits per heavy atom. The second-order valence-electron chi connectivity index (χ2n) is 8.62. The molecule has 0 spiro atoms. The summed E-state index contributed by atoms with van der Waals surface area (Å²) in [6, 6.07) is 0. The lowest BCUT2D eigenvalue weighted by atomic mass is 10.0. The number of alkyl halides is 1. The second kappa shape index (κ2) is 15.4. The molecule has 0 aromatic carbocycles. The molecule has 4 unspecified atom stereocenters. The summed E-state index contributed by atoms with van der Waals surface area (Å²) in [7, 11) is 0. The molecule has 1 heterocycles. The van der Waals surface area contributed by atoms with E-state index >= 15 is 0 Å². The topological polar surface area (TPSA) is 95.9 Å². The fourth-order valence-corrected chi connectivity index (χ4v) is 3.87. The fourth-order valence-electron chi connectivity index (χ4n) is 3.33. The quantitative estimate of drug-likeness (QED) is 0.119. The second-order valence-corrected chi connectivity index (χ2v) is 9.80. The molecule has 0 fully saturated rings. The highest BCUT2D eigenvalue weighted by molar-refractivity contribution is 9.09. The Morgan fingerprint density at radius 1 is 1.19 bits per heavy atom. The van der Waals surface area contributed by atoms with Crippen LogP contribution in [0.15, 0.2) is 36.1 Å². The van der Waals surface area contributed by atoms with Gasteiger partial charge in [0.05, 0.1) is 18.6 Å². The van der Waals surface area contributed by atoms with Gasteiger partial charge in [0.1, 0.15) is 11.3 Å². The summed E-state index contributed by atoms with van der Waals surface area (Å²) in [4.78, 5) is 23.9. The van der Waals surface area contributed by atoms with Crippen LogP contribution >= 0.6 is 15.9 Å². The zero-order valence-electron chi connectivity index (χ0n) is 19.7. The number of amides is 1. The number of halogens is 1. The average molecular weight is 515 g/mol. The van der Waals surface area contributed by atoms with Gasteiger partial charge in [-0.25, -0.2) is 4.79 Å². The Labute approximate surface area is 201 Å². The Morgan fingerprint density at radius 2 is 1.88 bits per heavy atom. The van der Waals surface area contributed by atoms with Crippen LogP contribution in [0.25, 0.3) is 0 Å². The number of cyclic esters (lactones) is 1. The molecule has 1 amide bonds. The van der Waals surface area contributed by atoms with Crippen molar-refractivity contribution in [2.24, 2.45) is 0 Å². The van der Waals surface area contributed by atoms with E-state index in [2.05, 4.69) is 28.2 Å². The third-order valence-corrected chi connectivity index (χ3v) is 6.64. The third-order valence-electron chi connectivity index (χ3n) is 5.58. The molecule has 32 heavy (non-hydrogen) atoms. The molecule has 0 radical (unpaired) electrons. The summed E-state index contributed by atoms with van der Waals surface area (Å²) >= 11 is 3.57. The lowest BCUT2D eigenvalue weighted by Gasteiger charge is -2.17. The summed E-state index contributed by atoms with van der Waals surface area (Å²) < 4.78 is 5.23. The van der Waals surface area contributed by atoms with Gasteiger partial charge in [-0.05, 0) is 32.3 Å². The number of carbonyl (C=O) groups excluding carboxylic acids is 2. The highest BCUT2D eigenvalue weighted by Crippen LogP contribution is 2.26. The van der Waals surface area contributed by atoms with Gasteiger partial charge in [-0.1, -0.05) is 92.6 Å². The maximum Gasteiger partial charge on any atom is 0.355 e. The number of hydrogen-bond donors (Lipinski definition) is 3. The molecule has 7 heteroatoms. The van der Waals surface area contributed by atoms with Gasteiger partial charge in [-0.15, -0.1) is 0 Å². The van der Waals surface area contributed by atoms with E-state index in [0.717, 1.165) is 12.8 Å². The number of rotatable bonds is 16. The Hall–Kier alpha value is -1.44. The SMILES string of the molecule is CCCCCCCCC(Br)C(O)C/C=C\C=C\C(O)CC(=O)NC1=CC(C)(CC)OC1=O. The number of nitrogens with one attached hydrogen (secondary N) is 1. The van der Waals surface area contributed by atoms with E-state index in [1.165, 1.54) is 38.2 Å². The molecule has 0 bridgehead atoms. The number of aliphatic hydroxyl groups is 2. The summed E-state index contributed by atoms with van der Waals surface area (Å²) in [5.41, 5.74) is -0.578. The number of ether oxygens (including phenoxy) is 1. The van der Waals surface area contributed by atoms with Crippen LogP contribution in [-0.2, 0) is 14.3 Å². The smallest absolute Gasteiger partial charge is 0.355 e. The first-order chi connectivity index (χ1) is 15.2. The van der Waals surface area contributed by atoms with Crippen molar-refractivity contribution in [1.29, 1.82) is 0 Å². The van der Waals surface area contributed by atoms with Crippen LogP contribution in [0, 0.1) is 0 Å². The van der Waals surface area contributed by atoms with Gasteiger partial charge in [-0.2, -0.15) is 0 Å². The van der Waals surface area contributed by atoms with Crippen LogP contribution in [0.2, 0.25) is 0 Å². The van der Waals surface area contributed by atoms with E-state index in [1.807, 2.05) is 13.0 Å². The lowest BCUT2D eigenvalue weighted by Crippen LogP contribution is -2.28. The highest BCUT2D eigenvalue weighted by Gasteiger charge is 2.35. The molecule has 3 N–H and O–H groups in total. The maximum absolute atomic E-state index is 12.1. The predicted molar refractivity (Wildman–Crippen MR) is 131 cm³/mol. The summed E-state index contributed by atoms with van der Waals surface area (Å²) in [6.07, 6.45) is 16.2. The molecule has 6 nitrogen and oxygen atoms in total. The third kappa shape index (κ3) is 11.4. The highest BCUT2D eigenvalue weighted by atomic mass is 79.9. The van der Waals surface area contributed by atoms with Crippen molar-refractivity contribution >= 4 is 27.8 Å². The Balaban J connectivity index is 2.26. The van der Waals surface area contributed by atoms with Crippen molar-refractivity contribution in [2.45, 2.75) is 108 Å². The number of aliphatic hydroxyl groups excluding tert-OH is 2. The number of allylic oxidation sites excluding steroid dienone is 2. The molecule has 0 aliphatic carbocycles. The molecule has 1 aliphatic rings. The van der Waals surface area contributed by atoms with Gasteiger partial charge in [0, 0.05) is 4.83 Å². The number of carbonyl (C=O) groups is 2. The predicted octanol–water partition coefficient (Wildman–Crippen LogP) is 4.84. The van der Waals surface area contributed by atoms with Gasteiger partial charge < -0.3 is 20.3 Å². The van der Waals surface area contributed by atoms with E-state index < -0.39 is 29.7 Å². The van der Waals surface area contributed by atoms with Crippen molar-refractivity contribution in [2.75, 3.05) is 0 Å². The van der Waals surface area contributed by atoms with Gasteiger partial charge >= 0.3 is 5.97 Å². The van der Waals surface area contributed by atoms with Gasteiger partial charge in [0.25, 0.3) is 0 Å². The summed E-state index contributed by atoms with van der Waals surface area (Å²) in [5.74, 6) is -1.02. The van der Waals surface area contributed by atoms with Crippen LogP contribution in [-0.4, -0.2) is 44.7 Å². The van der Waals surface area contributed by atoms with Gasteiger partial charge in [0.15, 0.2) is 0 Å². The van der Waals surface area contributed by atoms with Crippen molar-refractivity contribution in [3.05, 3.63) is 36.1 Å². The average Bonchev–Trinajstić information content (AvgIpc) is 3.03. The number of esters is 1. The van der Waals surface area contributed by atoms with Crippen LogP contribution in [0.3, 0.4) is 0 Å². The van der Waals surface area contributed by atoms with E-state index in [1.54, 1.807) is 25.2 Å². The molecule has 4 atom stereocenters. The summed E-state index contributed by atoms with van der Waals surface area (Å²) in [5, 5.41) is 22.7. The van der Waals surface area contributed by atoms with Crippen LogP contribution < -0.4 is 5.32 Å². The van der Waals surface area contributed by atoms with E-state index in [-0.39, 0.29) is 16.9 Å². The number of unbranched alkanes of at least 4 members (excludes halogenated alkanes) is 5. The molecule has 0 aromatic heterocycles. The van der Waals surface area contributed by atoms with Crippen molar-refractivity contribution in [3.8, 4) is 0 Å². The van der Waals surface area contributed by atoms with E-state index in [9.17, 15) is 19.8 Å². The number of hydrogen-bond acceptors (Lipinski definition) is 5. The zero-order valence-corrected chi connectivity index (χ0v) is 21.3. The first-order valence-electron chi connectivity index (χ1n) is 11.8. The first kappa shape index (κ1) is 28.6. The minimum absolute atomic E-state index is 0.0720. The van der Waals surface area contributed by atoms with Crippen molar-refractivity contribution < 1.29 is 24.5 Å². The molecule has 1 aliphatic heterocycles. The molecular weight excluding hydrogens is 474 g/mol. The van der Waals surface area contributed by atoms with Crippen LogP contribution in [0.1, 0.15) is 85.0 Å². The monoisotopic (exact) mass is 513 g/mol. The Kier molecular flexibility index (Phi) is 13.8. The lowest BCUT2D eigenvalue weighted by molar-refractivity contribution is -0.146. The standard InChI is InChI=1S/C25H40BrNO5/c1-4-6-7-8-9-12-15-20(26)22(29)16-13-10-11-14-19(28)17-23(30)27-21-18-25(3,5-2)32-24(21)31/h10-11,13-14,18-20,22,28-29H,4-9,12,15-17H2,1-3H3,(H,27,30)/b13-10-,14-11+. The molecule has 1 rings (SSSR count). The minimum atomic E-state index is -0.975. The minimum Gasteiger partial charge on any atom is -0.450 e. The van der Waals surface area contributed by atoms with Crippen molar-refractivity contribution in [1.82, 2.24) is 5.32 Å². The largest absolute Gasteiger partial charge is 0.450 e. The van der Waals surface area contributed by atoms with E-state index in [0.29, 0.717) is 12.8 Å². The molecule has 0 saturated carbocycles. The van der Waals surface area contributed by atoms with Crippen LogP contribution in [0.4, 0.5) is 0 Å². The van der Waals surface area contributed by atoms with E-state index in [4.69, 9.17) is 4.74 Å². The van der Waals surface area contributed by atoms with Gasteiger partial charge in [0.2, 0.25) is 5.91 Å². The fraction of sp³-hybridized carbons (Fsp3) is 0.680. The Bertz CT molecular complexity index is 675. The summed E-state index contributed by atoms with van der Waals surface area (Å²) in [6.45, 7) is 5.88. The van der Waals surface area contributed by atoms with Gasteiger partial charge in [-0.3, -0.25) is 4.79 Å². The van der Waals surface area contributed by atoms with Crippen LogP contribution in [0.5, 0.6) is 0 Å². The van der Waals surface area contributed by atoms with Crippen molar-refractivity contribution in [3.63, 3.8) is 0 Å². The molecule has 0 saturated heterocycles. The normalized spacial score (nSPS) is 21.6. The molecular formula is C25H40BrNO5.